The standard InChI is InChI=1S/C6H2ClF3INO/c7-4-2(8)1-3(5(11)12-4)13-6(9)10/h1,6H. The second-order valence-electron chi connectivity index (χ2n) is 1.93. The summed E-state index contributed by atoms with van der Waals surface area (Å²) in [4.78, 5) is 3.44. The van der Waals surface area contributed by atoms with Gasteiger partial charge < -0.3 is 4.74 Å². The molecule has 1 heterocycles. The Morgan fingerprint density at radius 3 is 2.69 bits per heavy atom. The zero-order chi connectivity index (χ0) is 10.0. The van der Waals surface area contributed by atoms with E-state index < -0.39 is 12.4 Å². The van der Waals surface area contributed by atoms with Crippen molar-refractivity contribution in [3.8, 4) is 5.75 Å². The van der Waals surface area contributed by atoms with Gasteiger partial charge in [-0.25, -0.2) is 9.37 Å². The summed E-state index contributed by atoms with van der Waals surface area (Å²) in [6.07, 6.45) is 0. The van der Waals surface area contributed by atoms with E-state index in [0.717, 1.165) is 6.07 Å². The predicted molar refractivity (Wildman–Crippen MR) is 48.6 cm³/mol. The van der Waals surface area contributed by atoms with Crippen molar-refractivity contribution in [3.05, 3.63) is 20.7 Å². The molecule has 0 radical (unpaired) electrons. The summed E-state index contributed by atoms with van der Waals surface area (Å²) in [6, 6.07) is 0.767. The molecule has 7 heteroatoms. The topological polar surface area (TPSA) is 22.1 Å². The third-order valence-corrected chi connectivity index (χ3v) is 2.11. The van der Waals surface area contributed by atoms with Crippen LogP contribution < -0.4 is 4.74 Å². The van der Waals surface area contributed by atoms with Crippen LogP contribution in [0, 0.1) is 9.52 Å². The molecule has 0 spiro atoms. The molecule has 0 N–H and O–H groups in total. The van der Waals surface area contributed by atoms with Crippen LogP contribution in [0.25, 0.3) is 0 Å². The Bertz CT molecular complexity index is 323. The maximum absolute atomic E-state index is 12.7. The largest absolute Gasteiger partial charge is 0.432 e. The maximum atomic E-state index is 12.7. The highest BCUT2D eigenvalue weighted by Crippen LogP contribution is 2.25. The number of halogens is 5. The Labute approximate surface area is 90.2 Å². The van der Waals surface area contributed by atoms with Crippen molar-refractivity contribution in [3.63, 3.8) is 0 Å². The fourth-order valence-electron chi connectivity index (χ4n) is 0.608. The average molecular weight is 323 g/mol. The molecule has 0 bridgehead atoms. The molecule has 1 aromatic heterocycles. The van der Waals surface area contributed by atoms with Gasteiger partial charge in [-0.15, -0.1) is 0 Å². The Hall–Kier alpha value is -0.240. The molecular weight excluding hydrogens is 321 g/mol. The zero-order valence-electron chi connectivity index (χ0n) is 5.90. The highest BCUT2D eigenvalue weighted by molar-refractivity contribution is 14.1. The molecule has 0 aliphatic rings. The Morgan fingerprint density at radius 2 is 2.15 bits per heavy atom. The van der Waals surface area contributed by atoms with Crippen LogP contribution in [0.1, 0.15) is 0 Å². The Morgan fingerprint density at radius 1 is 1.54 bits per heavy atom. The molecular formula is C6H2ClF3INO. The molecule has 13 heavy (non-hydrogen) atoms. The van der Waals surface area contributed by atoms with Gasteiger partial charge >= 0.3 is 6.61 Å². The molecule has 0 fully saturated rings. The first-order chi connectivity index (χ1) is 6.00. The van der Waals surface area contributed by atoms with Crippen molar-refractivity contribution >= 4 is 34.2 Å². The lowest BCUT2D eigenvalue weighted by Gasteiger charge is -2.06. The molecule has 72 valence electrons. The van der Waals surface area contributed by atoms with Crippen molar-refractivity contribution in [2.75, 3.05) is 0 Å². The molecule has 1 rings (SSSR count). The number of ether oxygens (including phenoxy) is 1. The van der Waals surface area contributed by atoms with E-state index in [9.17, 15) is 13.2 Å². The molecule has 0 aromatic carbocycles. The SMILES string of the molecule is Fc1cc(OC(F)F)c(I)nc1Cl. The van der Waals surface area contributed by atoms with E-state index in [1.165, 1.54) is 0 Å². The van der Waals surface area contributed by atoms with Gasteiger partial charge in [-0.2, -0.15) is 8.78 Å². The van der Waals surface area contributed by atoms with Crippen LogP contribution in [-0.4, -0.2) is 11.6 Å². The minimum absolute atomic E-state index is 0.0873. The van der Waals surface area contributed by atoms with Gasteiger partial charge in [0.25, 0.3) is 0 Å². The molecule has 0 aliphatic heterocycles. The van der Waals surface area contributed by atoms with E-state index >= 15 is 0 Å². The van der Waals surface area contributed by atoms with E-state index in [1.54, 1.807) is 22.6 Å². The molecule has 0 saturated heterocycles. The predicted octanol–water partition coefficient (Wildman–Crippen LogP) is 3.08. The van der Waals surface area contributed by atoms with Crippen molar-refractivity contribution < 1.29 is 17.9 Å². The summed E-state index contributed by atoms with van der Waals surface area (Å²) in [7, 11) is 0. The van der Waals surface area contributed by atoms with Crippen molar-refractivity contribution in [2.45, 2.75) is 6.61 Å². The highest BCUT2D eigenvalue weighted by atomic mass is 127. The lowest BCUT2D eigenvalue weighted by atomic mass is 10.4. The molecule has 0 saturated carbocycles. The maximum Gasteiger partial charge on any atom is 0.387 e. The first-order valence-corrected chi connectivity index (χ1v) is 4.42. The number of alkyl halides is 2. The number of hydrogen-bond donors (Lipinski definition) is 0. The third-order valence-electron chi connectivity index (χ3n) is 1.07. The van der Waals surface area contributed by atoms with Crippen molar-refractivity contribution in [1.82, 2.24) is 4.98 Å². The minimum atomic E-state index is -3.00. The fraction of sp³-hybridized carbons (Fsp3) is 0.167. The van der Waals surface area contributed by atoms with E-state index in [4.69, 9.17) is 11.6 Å². The van der Waals surface area contributed by atoms with Gasteiger partial charge in [-0.1, -0.05) is 11.6 Å². The summed E-state index contributed by atoms with van der Waals surface area (Å²) in [5.74, 6) is -1.21. The lowest BCUT2D eigenvalue weighted by molar-refractivity contribution is -0.0508. The van der Waals surface area contributed by atoms with E-state index in [-0.39, 0.29) is 14.6 Å². The van der Waals surface area contributed by atoms with E-state index in [2.05, 4.69) is 9.72 Å². The van der Waals surface area contributed by atoms with Gasteiger partial charge in [0.2, 0.25) is 0 Å². The lowest BCUT2D eigenvalue weighted by Crippen LogP contribution is -2.05. The second-order valence-corrected chi connectivity index (χ2v) is 3.31. The van der Waals surface area contributed by atoms with Crippen LogP contribution in [0.15, 0.2) is 6.07 Å². The van der Waals surface area contributed by atoms with E-state index in [0.29, 0.717) is 0 Å². The van der Waals surface area contributed by atoms with Gasteiger partial charge in [0.15, 0.2) is 16.7 Å². The number of pyridine rings is 1. The third kappa shape index (κ3) is 2.87. The van der Waals surface area contributed by atoms with Crippen LogP contribution in [0.4, 0.5) is 13.2 Å². The molecule has 0 atom stereocenters. The Balaban J connectivity index is 3.01. The molecule has 0 aliphatic carbocycles. The molecule has 0 unspecified atom stereocenters. The van der Waals surface area contributed by atoms with Crippen molar-refractivity contribution in [2.24, 2.45) is 0 Å². The summed E-state index contributed by atoms with van der Waals surface area (Å²) in [6.45, 7) is -3.00. The summed E-state index contributed by atoms with van der Waals surface area (Å²) < 4.78 is 40.2. The summed E-state index contributed by atoms with van der Waals surface area (Å²) in [5, 5.41) is -0.369. The average Bonchev–Trinajstić information content (AvgIpc) is 1.99. The van der Waals surface area contributed by atoms with Crippen LogP contribution in [0.3, 0.4) is 0 Å². The van der Waals surface area contributed by atoms with Gasteiger partial charge in [0.05, 0.1) is 0 Å². The molecule has 2 nitrogen and oxygen atoms in total. The van der Waals surface area contributed by atoms with Gasteiger partial charge in [-0.3, -0.25) is 0 Å². The zero-order valence-corrected chi connectivity index (χ0v) is 8.81. The van der Waals surface area contributed by atoms with Gasteiger partial charge in [0.1, 0.15) is 3.70 Å². The second kappa shape index (κ2) is 4.32. The number of aromatic nitrogens is 1. The van der Waals surface area contributed by atoms with E-state index in [1.807, 2.05) is 0 Å². The minimum Gasteiger partial charge on any atom is -0.432 e. The van der Waals surface area contributed by atoms with Crippen molar-refractivity contribution in [1.29, 1.82) is 0 Å². The first-order valence-electron chi connectivity index (χ1n) is 2.97. The number of hydrogen-bond acceptors (Lipinski definition) is 2. The molecule has 1 aromatic rings. The Kier molecular flexibility index (Phi) is 3.60. The van der Waals surface area contributed by atoms with Crippen LogP contribution in [-0.2, 0) is 0 Å². The normalized spacial score (nSPS) is 10.6. The monoisotopic (exact) mass is 323 g/mol. The fourth-order valence-corrected chi connectivity index (χ4v) is 1.41. The van der Waals surface area contributed by atoms with Gasteiger partial charge in [0, 0.05) is 6.07 Å². The number of nitrogens with zero attached hydrogens (tertiary/aromatic N) is 1. The summed E-state index contributed by atoms with van der Waals surface area (Å²) >= 11 is 6.90. The summed E-state index contributed by atoms with van der Waals surface area (Å²) in [5.41, 5.74) is 0. The van der Waals surface area contributed by atoms with Gasteiger partial charge in [-0.05, 0) is 22.6 Å². The smallest absolute Gasteiger partial charge is 0.387 e. The highest BCUT2D eigenvalue weighted by Gasteiger charge is 2.13. The quantitative estimate of drug-likeness (QED) is 0.616. The molecule has 0 amide bonds. The van der Waals surface area contributed by atoms with Crippen LogP contribution >= 0.6 is 34.2 Å². The van der Waals surface area contributed by atoms with Crippen LogP contribution in [0.5, 0.6) is 5.75 Å². The number of rotatable bonds is 2. The first kappa shape index (κ1) is 10.8. The van der Waals surface area contributed by atoms with Crippen LogP contribution in [0.2, 0.25) is 5.15 Å².